The molecule has 2 aromatic carbocycles. The smallest absolute Gasteiger partial charge is 0.217 e. The fraction of sp³-hybridized carbons (Fsp3) is 0.379. The second-order valence-corrected chi connectivity index (χ2v) is 10.3. The first-order chi connectivity index (χ1) is 17.0. The number of carbonyl (C=O) groups excluding carboxylic acids is 2. The summed E-state index contributed by atoms with van der Waals surface area (Å²) >= 11 is 0. The van der Waals surface area contributed by atoms with Crippen LogP contribution in [0, 0.1) is 5.92 Å². The number of hydrogen-bond acceptors (Lipinski definition) is 5. The summed E-state index contributed by atoms with van der Waals surface area (Å²) in [6.45, 7) is 4.20. The molecule has 4 aliphatic rings. The van der Waals surface area contributed by atoms with E-state index in [9.17, 15) is 9.59 Å². The van der Waals surface area contributed by atoms with Crippen molar-refractivity contribution in [2.24, 2.45) is 5.92 Å². The molecule has 4 atom stereocenters. The van der Waals surface area contributed by atoms with Gasteiger partial charge in [-0.05, 0) is 42.3 Å². The van der Waals surface area contributed by atoms with Crippen molar-refractivity contribution < 1.29 is 23.5 Å². The number of Topliss-reactive ketones (excluding diaryl/α,β-unsaturated/α-hetero) is 1. The number of carbonyl (C=O) groups is 2. The number of quaternary nitrogens is 1. The van der Waals surface area contributed by atoms with Crippen LogP contribution in [0.5, 0.6) is 11.5 Å². The predicted octanol–water partition coefficient (Wildman–Crippen LogP) is 4.27. The van der Waals surface area contributed by atoms with Gasteiger partial charge in [-0.25, -0.2) is 0 Å². The molecular weight excluding hydrogens is 440 g/mol. The van der Waals surface area contributed by atoms with Crippen molar-refractivity contribution in [2.45, 2.75) is 31.2 Å². The fourth-order valence-electron chi connectivity index (χ4n) is 7.52. The molecule has 6 rings (SSSR count). The molecule has 2 fully saturated rings. The molecular formula is C29H31N2O4+. The van der Waals surface area contributed by atoms with Crippen LogP contribution in [0.2, 0.25) is 0 Å². The number of piperidine rings is 1. The van der Waals surface area contributed by atoms with Crippen molar-refractivity contribution in [3.63, 3.8) is 0 Å². The van der Waals surface area contributed by atoms with E-state index in [1.807, 2.05) is 12.1 Å². The van der Waals surface area contributed by atoms with Gasteiger partial charge >= 0.3 is 0 Å². The van der Waals surface area contributed by atoms with Crippen LogP contribution in [0.1, 0.15) is 35.7 Å². The Bertz CT molecular complexity index is 1310. The van der Waals surface area contributed by atoms with Gasteiger partial charge in [-0.15, -0.1) is 0 Å². The van der Waals surface area contributed by atoms with Crippen LogP contribution in [0.15, 0.2) is 65.4 Å². The SMILES string of the molecule is C/C=C1/C[N+]2(CC(=O)c3ccc(OC)c(OC)c3)CC[C@]34C(=C(C=O)[C@H]1CC32)Nc1ccccc14. The number of benzene rings is 2. The standard InChI is InChI=1S/C29H30N2O4/c1-4-18-15-31(16-24(33)19-9-10-25(34-2)26(13-19)35-3)12-11-29-22-7-5-6-8-23(22)30-28(29)21(17-32)20(18)14-27(29)31/h4-10,13,17,20,27H,11-12,14-16H2,1-3H3/p+1/b18-4-/t20-,27?,29+,31?/m0/s1. The van der Waals surface area contributed by atoms with E-state index in [4.69, 9.17) is 9.47 Å². The Morgan fingerprint density at radius 3 is 2.71 bits per heavy atom. The van der Waals surface area contributed by atoms with Crippen molar-refractivity contribution in [1.29, 1.82) is 0 Å². The van der Waals surface area contributed by atoms with E-state index in [0.717, 1.165) is 53.7 Å². The summed E-state index contributed by atoms with van der Waals surface area (Å²) in [7, 11) is 3.19. The van der Waals surface area contributed by atoms with E-state index in [1.54, 1.807) is 26.4 Å². The minimum Gasteiger partial charge on any atom is -0.493 e. The zero-order chi connectivity index (χ0) is 24.4. The second kappa shape index (κ2) is 7.82. The molecule has 6 heteroatoms. The van der Waals surface area contributed by atoms with Gasteiger partial charge in [0.05, 0.1) is 26.2 Å². The number of aldehydes is 1. The van der Waals surface area contributed by atoms with Crippen molar-refractivity contribution >= 4 is 17.8 Å². The van der Waals surface area contributed by atoms with Crippen LogP contribution in [0.25, 0.3) is 0 Å². The molecule has 2 saturated heterocycles. The van der Waals surface area contributed by atoms with Crippen LogP contribution in [-0.4, -0.2) is 56.4 Å². The lowest BCUT2D eigenvalue weighted by Crippen LogP contribution is -2.64. The number of ketones is 1. The maximum absolute atomic E-state index is 13.8. The highest BCUT2D eigenvalue weighted by Gasteiger charge is 2.68. The number of methoxy groups -OCH3 is 2. The Morgan fingerprint density at radius 1 is 1.17 bits per heavy atom. The van der Waals surface area contributed by atoms with Gasteiger partial charge < -0.3 is 19.3 Å². The van der Waals surface area contributed by atoms with E-state index >= 15 is 0 Å². The zero-order valence-corrected chi connectivity index (χ0v) is 20.5. The number of hydrogen-bond donors (Lipinski definition) is 1. The molecule has 1 spiro atoms. The van der Waals surface area contributed by atoms with E-state index in [0.29, 0.717) is 23.6 Å². The summed E-state index contributed by atoms with van der Waals surface area (Å²) in [5.41, 5.74) is 6.03. The van der Waals surface area contributed by atoms with Crippen molar-refractivity contribution in [1.82, 2.24) is 0 Å². The average molecular weight is 472 g/mol. The van der Waals surface area contributed by atoms with E-state index in [-0.39, 0.29) is 23.2 Å². The molecule has 2 aromatic rings. The molecule has 3 aliphatic heterocycles. The Morgan fingerprint density at radius 2 is 1.97 bits per heavy atom. The van der Waals surface area contributed by atoms with Crippen LogP contribution in [-0.2, 0) is 10.2 Å². The summed E-state index contributed by atoms with van der Waals surface area (Å²) in [6, 6.07) is 14.1. The Balaban J connectivity index is 1.46. The van der Waals surface area contributed by atoms with Gasteiger partial charge in [0.25, 0.3) is 0 Å². The van der Waals surface area contributed by atoms with Crippen molar-refractivity contribution in [3.8, 4) is 11.5 Å². The van der Waals surface area contributed by atoms with Gasteiger partial charge in [-0.1, -0.05) is 24.3 Å². The first kappa shape index (κ1) is 22.1. The third-order valence-corrected chi connectivity index (χ3v) is 9.02. The number of nitrogens with one attached hydrogen (secondary N) is 1. The molecule has 0 radical (unpaired) electrons. The number of anilines is 1. The van der Waals surface area contributed by atoms with Gasteiger partial charge in [0, 0.05) is 41.3 Å². The first-order valence-electron chi connectivity index (χ1n) is 12.3. The molecule has 0 saturated carbocycles. The van der Waals surface area contributed by atoms with Crippen LogP contribution in [0.4, 0.5) is 5.69 Å². The van der Waals surface area contributed by atoms with Gasteiger partial charge in [0.2, 0.25) is 5.78 Å². The van der Waals surface area contributed by atoms with E-state index < -0.39 is 0 Å². The predicted molar refractivity (Wildman–Crippen MR) is 134 cm³/mol. The fourth-order valence-corrected chi connectivity index (χ4v) is 7.52. The maximum atomic E-state index is 13.8. The number of rotatable bonds is 6. The molecule has 1 N–H and O–H groups in total. The van der Waals surface area contributed by atoms with Gasteiger partial charge in [0.15, 0.2) is 11.5 Å². The molecule has 6 nitrogen and oxygen atoms in total. The average Bonchev–Trinajstić information content (AvgIpc) is 3.42. The number of ether oxygens (including phenoxy) is 2. The van der Waals surface area contributed by atoms with Crippen LogP contribution in [0.3, 0.4) is 0 Å². The topological polar surface area (TPSA) is 64.6 Å². The summed E-state index contributed by atoms with van der Waals surface area (Å²) in [4.78, 5) is 26.2. The molecule has 2 bridgehead atoms. The highest BCUT2D eigenvalue weighted by atomic mass is 16.5. The zero-order valence-electron chi connectivity index (χ0n) is 20.5. The van der Waals surface area contributed by atoms with Gasteiger partial charge in [-0.3, -0.25) is 9.59 Å². The molecule has 0 amide bonds. The summed E-state index contributed by atoms with van der Waals surface area (Å²) < 4.78 is 11.6. The normalized spacial score (nSPS) is 31.0. The summed E-state index contributed by atoms with van der Waals surface area (Å²) in [5, 5.41) is 3.65. The first-order valence-corrected chi connectivity index (χ1v) is 12.3. The second-order valence-electron chi connectivity index (χ2n) is 10.3. The van der Waals surface area contributed by atoms with Crippen LogP contribution >= 0.6 is 0 Å². The minimum atomic E-state index is -0.236. The third kappa shape index (κ3) is 2.86. The number of fused-ring (bicyclic) bond motifs is 2. The van der Waals surface area contributed by atoms with E-state index in [1.165, 1.54) is 11.1 Å². The monoisotopic (exact) mass is 471 g/mol. The quantitative estimate of drug-likeness (QED) is 0.295. The highest BCUT2D eigenvalue weighted by Crippen LogP contribution is 2.63. The highest BCUT2D eigenvalue weighted by molar-refractivity contribution is 5.97. The lowest BCUT2D eigenvalue weighted by molar-refractivity contribution is -0.934. The molecule has 3 heterocycles. The molecule has 180 valence electrons. The molecule has 0 aromatic heterocycles. The van der Waals surface area contributed by atoms with E-state index in [2.05, 4.69) is 36.5 Å². The number of allylic oxidation sites excluding steroid dienone is 2. The van der Waals surface area contributed by atoms with Gasteiger partial charge in [0.1, 0.15) is 25.4 Å². The molecule has 35 heavy (non-hydrogen) atoms. The summed E-state index contributed by atoms with van der Waals surface area (Å²) in [6.07, 6.45) is 5.07. The minimum absolute atomic E-state index is 0.114. The largest absolute Gasteiger partial charge is 0.493 e. The van der Waals surface area contributed by atoms with Gasteiger partial charge in [-0.2, -0.15) is 0 Å². The Hall–Kier alpha value is -3.38. The lowest BCUT2D eigenvalue weighted by Gasteiger charge is -2.53. The number of para-hydroxylation sites is 1. The molecule has 2 unspecified atom stereocenters. The Labute approximate surface area is 205 Å². The summed E-state index contributed by atoms with van der Waals surface area (Å²) in [5.74, 6) is 1.41. The lowest BCUT2D eigenvalue weighted by atomic mass is 9.61. The third-order valence-electron chi connectivity index (χ3n) is 9.02. The number of nitrogens with zero attached hydrogens (tertiary/aromatic N) is 1. The van der Waals surface area contributed by atoms with Crippen molar-refractivity contribution in [2.75, 3.05) is 39.2 Å². The Kier molecular flexibility index (Phi) is 4.94. The molecule has 1 aliphatic carbocycles. The maximum Gasteiger partial charge on any atom is 0.217 e. The van der Waals surface area contributed by atoms with Crippen molar-refractivity contribution in [3.05, 3.63) is 76.5 Å². The van der Waals surface area contributed by atoms with Crippen LogP contribution < -0.4 is 14.8 Å².